The summed E-state index contributed by atoms with van der Waals surface area (Å²) in [7, 11) is 0. The number of hydrogen-bond acceptors (Lipinski definition) is 2. The van der Waals surface area contributed by atoms with Crippen molar-refractivity contribution in [3.05, 3.63) is 105 Å². The number of hydrogen-bond donors (Lipinski definition) is 1. The highest BCUT2D eigenvalue weighted by Crippen LogP contribution is 2.23. The molecule has 1 N–H and O–H groups in total. The third-order valence-corrected chi connectivity index (χ3v) is 5.55. The Morgan fingerprint density at radius 2 is 1.87 bits per heavy atom. The molecule has 6 heteroatoms. The van der Waals surface area contributed by atoms with Crippen molar-refractivity contribution in [3.8, 4) is 0 Å². The number of hydrazone groups is 1. The molecule has 1 amide bonds. The Morgan fingerprint density at radius 3 is 2.67 bits per heavy atom. The molecule has 0 aliphatic carbocycles. The molecule has 0 spiro atoms. The van der Waals surface area contributed by atoms with Crippen LogP contribution in [0.3, 0.4) is 0 Å². The summed E-state index contributed by atoms with van der Waals surface area (Å²) in [5, 5.41) is 5.94. The molecule has 0 saturated carbocycles. The molecule has 0 bridgehead atoms. The molecule has 30 heavy (non-hydrogen) atoms. The molecule has 0 atom stereocenters. The number of fused-ring (bicyclic) bond motifs is 1. The summed E-state index contributed by atoms with van der Waals surface area (Å²) in [5.41, 5.74) is 7.43. The normalized spacial score (nSPS) is 11.3. The van der Waals surface area contributed by atoms with E-state index >= 15 is 0 Å². The zero-order valence-corrected chi connectivity index (χ0v) is 17.8. The predicted molar refractivity (Wildman–Crippen MR) is 124 cm³/mol. The second-order valence-electron chi connectivity index (χ2n) is 7.05. The number of rotatable bonds is 5. The standard InChI is InChI=1S/C24H19Cl2N3O/c1-16-5-4-6-17(11-16)14-29-15-19(20-7-2-3-8-23(20)29)13-27-28-24(30)18-9-10-21(25)22(26)12-18/h2-13,15H,14H2,1H3,(H,28,30)/b27-13-. The fourth-order valence-electron chi connectivity index (χ4n) is 3.38. The number of benzene rings is 3. The van der Waals surface area contributed by atoms with E-state index in [9.17, 15) is 4.79 Å². The molecular weight excluding hydrogens is 417 g/mol. The SMILES string of the molecule is Cc1cccc(Cn2cc(/C=N\NC(=O)c3ccc(Cl)c(Cl)c3)c3ccccc32)c1. The average Bonchev–Trinajstić information content (AvgIpc) is 3.07. The molecule has 1 heterocycles. The van der Waals surface area contributed by atoms with Gasteiger partial charge in [-0.25, -0.2) is 5.43 Å². The molecule has 4 nitrogen and oxygen atoms in total. The number of amides is 1. The number of carbonyl (C=O) groups is 1. The molecule has 4 rings (SSSR count). The maximum atomic E-state index is 12.3. The van der Waals surface area contributed by atoms with Crippen LogP contribution in [0.2, 0.25) is 10.0 Å². The molecular formula is C24H19Cl2N3O. The van der Waals surface area contributed by atoms with Crippen molar-refractivity contribution in [2.75, 3.05) is 0 Å². The van der Waals surface area contributed by atoms with Crippen LogP contribution < -0.4 is 5.43 Å². The van der Waals surface area contributed by atoms with Crippen LogP contribution in [0.5, 0.6) is 0 Å². The highest BCUT2D eigenvalue weighted by atomic mass is 35.5. The Morgan fingerprint density at radius 1 is 1.03 bits per heavy atom. The van der Waals surface area contributed by atoms with Crippen LogP contribution in [0, 0.1) is 6.92 Å². The fourth-order valence-corrected chi connectivity index (χ4v) is 3.68. The highest BCUT2D eigenvalue weighted by molar-refractivity contribution is 6.42. The van der Waals surface area contributed by atoms with Gasteiger partial charge in [0.1, 0.15) is 0 Å². The molecule has 0 fully saturated rings. The zero-order valence-electron chi connectivity index (χ0n) is 16.3. The topological polar surface area (TPSA) is 46.4 Å². The van der Waals surface area contributed by atoms with Gasteiger partial charge in [0.05, 0.1) is 16.3 Å². The van der Waals surface area contributed by atoms with Crippen LogP contribution in [0.15, 0.2) is 78.0 Å². The molecule has 0 unspecified atom stereocenters. The summed E-state index contributed by atoms with van der Waals surface area (Å²) in [5.74, 6) is -0.353. The second-order valence-corrected chi connectivity index (χ2v) is 7.86. The maximum Gasteiger partial charge on any atom is 0.271 e. The quantitative estimate of drug-likeness (QED) is 0.300. The molecule has 3 aromatic carbocycles. The lowest BCUT2D eigenvalue weighted by molar-refractivity contribution is 0.0955. The number of nitrogens with one attached hydrogen (secondary N) is 1. The van der Waals surface area contributed by atoms with E-state index in [1.165, 1.54) is 17.2 Å². The first-order valence-electron chi connectivity index (χ1n) is 9.43. The van der Waals surface area contributed by atoms with Gasteiger partial charge in [0, 0.05) is 34.8 Å². The van der Waals surface area contributed by atoms with Crippen LogP contribution in [0.25, 0.3) is 10.9 Å². The van der Waals surface area contributed by atoms with E-state index in [0.29, 0.717) is 15.6 Å². The molecule has 4 aromatic rings. The third kappa shape index (κ3) is 4.40. The predicted octanol–water partition coefficient (Wildman–Crippen LogP) is 6.07. The number of halogens is 2. The van der Waals surface area contributed by atoms with Crippen LogP contribution in [0.4, 0.5) is 0 Å². The Labute approximate surface area is 184 Å². The van der Waals surface area contributed by atoms with Crippen molar-refractivity contribution < 1.29 is 4.79 Å². The van der Waals surface area contributed by atoms with E-state index < -0.39 is 0 Å². The van der Waals surface area contributed by atoms with Gasteiger partial charge in [-0.1, -0.05) is 71.2 Å². The summed E-state index contributed by atoms with van der Waals surface area (Å²) in [6, 6.07) is 21.3. The second kappa shape index (κ2) is 8.74. The first-order valence-corrected chi connectivity index (χ1v) is 10.2. The molecule has 0 aliphatic rings. The van der Waals surface area contributed by atoms with Crippen molar-refractivity contribution in [2.24, 2.45) is 5.10 Å². The first-order chi connectivity index (χ1) is 14.5. The van der Waals surface area contributed by atoms with Crippen molar-refractivity contribution in [1.82, 2.24) is 9.99 Å². The Hall–Kier alpha value is -3.08. The summed E-state index contributed by atoms with van der Waals surface area (Å²) in [6.45, 7) is 2.84. The van der Waals surface area contributed by atoms with Gasteiger partial charge in [-0.2, -0.15) is 5.10 Å². The number of aromatic nitrogens is 1. The average molecular weight is 436 g/mol. The van der Waals surface area contributed by atoms with Gasteiger partial charge in [-0.05, 0) is 36.8 Å². The lowest BCUT2D eigenvalue weighted by atomic mass is 10.1. The minimum atomic E-state index is -0.353. The van der Waals surface area contributed by atoms with Gasteiger partial charge in [0.25, 0.3) is 5.91 Å². The maximum absolute atomic E-state index is 12.3. The molecule has 0 saturated heterocycles. The van der Waals surface area contributed by atoms with Crippen molar-refractivity contribution >= 4 is 46.2 Å². The zero-order chi connectivity index (χ0) is 21.1. The summed E-state index contributed by atoms with van der Waals surface area (Å²) in [4.78, 5) is 12.3. The van der Waals surface area contributed by atoms with Gasteiger partial charge in [-0.15, -0.1) is 0 Å². The molecule has 1 aromatic heterocycles. The van der Waals surface area contributed by atoms with E-state index in [-0.39, 0.29) is 5.91 Å². The first kappa shape index (κ1) is 20.2. The summed E-state index contributed by atoms with van der Waals surface area (Å²) >= 11 is 11.9. The van der Waals surface area contributed by atoms with Crippen molar-refractivity contribution in [3.63, 3.8) is 0 Å². The Kier molecular flexibility index (Phi) is 5.88. The minimum Gasteiger partial charge on any atom is -0.342 e. The number of carbonyl (C=O) groups excluding carboxylic acids is 1. The van der Waals surface area contributed by atoms with Crippen LogP contribution in [-0.2, 0) is 6.54 Å². The lowest BCUT2D eigenvalue weighted by Crippen LogP contribution is -2.17. The molecule has 0 radical (unpaired) electrons. The molecule has 0 aliphatic heterocycles. The van der Waals surface area contributed by atoms with E-state index in [2.05, 4.69) is 52.3 Å². The van der Waals surface area contributed by atoms with Crippen LogP contribution >= 0.6 is 23.2 Å². The summed E-state index contributed by atoms with van der Waals surface area (Å²) in [6.07, 6.45) is 3.70. The third-order valence-electron chi connectivity index (χ3n) is 4.81. The highest BCUT2D eigenvalue weighted by Gasteiger charge is 2.09. The van der Waals surface area contributed by atoms with E-state index in [4.69, 9.17) is 23.2 Å². The lowest BCUT2D eigenvalue weighted by Gasteiger charge is -2.06. The Bertz CT molecular complexity index is 1260. The molecule has 150 valence electrons. The largest absolute Gasteiger partial charge is 0.342 e. The fraction of sp³-hybridized carbons (Fsp3) is 0.0833. The Balaban J connectivity index is 1.56. The van der Waals surface area contributed by atoms with Crippen LogP contribution in [-0.4, -0.2) is 16.7 Å². The van der Waals surface area contributed by atoms with Gasteiger partial charge < -0.3 is 4.57 Å². The van der Waals surface area contributed by atoms with E-state index in [0.717, 1.165) is 23.0 Å². The van der Waals surface area contributed by atoms with Crippen molar-refractivity contribution in [1.29, 1.82) is 0 Å². The number of para-hydroxylation sites is 1. The summed E-state index contributed by atoms with van der Waals surface area (Å²) < 4.78 is 2.19. The minimum absolute atomic E-state index is 0.326. The van der Waals surface area contributed by atoms with E-state index in [1.54, 1.807) is 18.3 Å². The van der Waals surface area contributed by atoms with Crippen LogP contribution in [0.1, 0.15) is 27.0 Å². The number of nitrogens with zero attached hydrogens (tertiary/aromatic N) is 2. The monoisotopic (exact) mass is 435 g/mol. The van der Waals surface area contributed by atoms with Gasteiger partial charge in [-0.3, -0.25) is 4.79 Å². The van der Waals surface area contributed by atoms with Gasteiger partial charge in [0.2, 0.25) is 0 Å². The van der Waals surface area contributed by atoms with Crippen molar-refractivity contribution in [2.45, 2.75) is 13.5 Å². The van der Waals surface area contributed by atoms with Gasteiger partial charge >= 0.3 is 0 Å². The number of aryl methyl sites for hydroxylation is 1. The van der Waals surface area contributed by atoms with E-state index in [1.807, 2.05) is 24.4 Å². The smallest absolute Gasteiger partial charge is 0.271 e. The van der Waals surface area contributed by atoms with Gasteiger partial charge in [0.15, 0.2) is 0 Å².